The van der Waals surface area contributed by atoms with Gasteiger partial charge in [-0.2, -0.15) is 5.10 Å². The average Bonchev–Trinajstić information content (AvgIpc) is 2.89. The minimum absolute atomic E-state index is 0.144. The van der Waals surface area contributed by atoms with Gasteiger partial charge in [-0.05, 0) is 19.3 Å². The van der Waals surface area contributed by atoms with Crippen LogP contribution in [0.25, 0.3) is 0 Å². The topological polar surface area (TPSA) is 98.8 Å². The van der Waals surface area contributed by atoms with Gasteiger partial charge in [-0.25, -0.2) is 4.79 Å². The molecular formula is C17H26N4O4. The molecule has 1 amide bonds. The summed E-state index contributed by atoms with van der Waals surface area (Å²) in [4.78, 5) is 28.3. The predicted molar refractivity (Wildman–Crippen MR) is 90.2 cm³/mol. The molecule has 8 nitrogen and oxygen atoms in total. The molecule has 0 unspecified atom stereocenters. The Morgan fingerprint density at radius 3 is 2.72 bits per heavy atom. The van der Waals surface area contributed by atoms with E-state index in [2.05, 4.69) is 15.1 Å². The maximum atomic E-state index is 12.9. The van der Waals surface area contributed by atoms with Crippen LogP contribution in [0.5, 0.6) is 0 Å². The number of aromatic carboxylic acids is 1. The van der Waals surface area contributed by atoms with Gasteiger partial charge in [0.05, 0.1) is 18.2 Å². The van der Waals surface area contributed by atoms with E-state index in [1.165, 1.54) is 0 Å². The van der Waals surface area contributed by atoms with Crippen molar-refractivity contribution in [2.45, 2.75) is 32.2 Å². The number of amides is 1. The Morgan fingerprint density at radius 1 is 1.28 bits per heavy atom. The first-order valence-corrected chi connectivity index (χ1v) is 8.82. The van der Waals surface area contributed by atoms with E-state index in [0.29, 0.717) is 25.3 Å². The number of aromatic amines is 1. The molecule has 2 heterocycles. The number of H-pyrrole nitrogens is 1. The third-order valence-corrected chi connectivity index (χ3v) is 5.39. The van der Waals surface area contributed by atoms with E-state index >= 15 is 0 Å². The molecule has 1 aromatic heterocycles. The molecule has 1 saturated carbocycles. The number of nitrogens with zero attached hydrogens (tertiary/aromatic N) is 3. The SMILES string of the molecule is COCC1(C(=O)N2CCCN(Cc3cn[nH]c3C(=O)O)CC2)CCC1. The number of carboxylic acids is 1. The average molecular weight is 350 g/mol. The molecule has 138 valence electrons. The van der Waals surface area contributed by atoms with Gasteiger partial charge in [-0.1, -0.05) is 6.42 Å². The molecule has 2 aliphatic rings. The lowest BCUT2D eigenvalue weighted by molar-refractivity contribution is -0.152. The Kier molecular flexibility index (Phi) is 5.39. The monoisotopic (exact) mass is 350 g/mol. The van der Waals surface area contributed by atoms with Crippen LogP contribution in [0.2, 0.25) is 0 Å². The molecule has 3 rings (SSSR count). The number of hydrogen-bond donors (Lipinski definition) is 2. The van der Waals surface area contributed by atoms with Crippen LogP contribution in [0.4, 0.5) is 0 Å². The molecular weight excluding hydrogens is 324 g/mol. The third kappa shape index (κ3) is 3.69. The first-order valence-electron chi connectivity index (χ1n) is 8.82. The van der Waals surface area contributed by atoms with Crippen LogP contribution in [-0.2, 0) is 16.1 Å². The van der Waals surface area contributed by atoms with Crippen molar-refractivity contribution in [2.75, 3.05) is 39.9 Å². The van der Waals surface area contributed by atoms with Gasteiger partial charge >= 0.3 is 5.97 Å². The zero-order chi connectivity index (χ0) is 17.9. The van der Waals surface area contributed by atoms with E-state index in [-0.39, 0.29) is 17.0 Å². The second-order valence-corrected chi connectivity index (χ2v) is 7.06. The standard InChI is InChI=1S/C17H26N4O4/c1-25-12-17(4-2-5-17)16(24)21-7-3-6-20(8-9-21)11-13-10-18-19-14(13)15(22)23/h10H,2-9,11-12H2,1H3,(H,18,19)(H,22,23). The highest BCUT2D eigenvalue weighted by Gasteiger charge is 2.46. The molecule has 2 fully saturated rings. The lowest BCUT2D eigenvalue weighted by Crippen LogP contribution is -2.51. The van der Waals surface area contributed by atoms with E-state index in [1.807, 2.05) is 4.90 Å². The minimum Gasteiger partial charge on any atom is -0.477 e. The van der Waals surface area contributed by atoms with Crippen LogP contribution < -0.4 is 0 Å². The number of rotatable bonds is 6. The number of carbonyl (C=O) groups is 2. The van der Waals surface area contributed by atoms with Crippen molar-refractivity contribution in [3.63, 3.8) is 0 Å². The first-order chi connectivity index (χ1) is 12.1. The van der Waals surface area contributed by atoms with Crippen LogP contribution in [0.15, 0.2) is 6.20 Å². The highest BCUT2D eigenvalue weighted by Crippen LogP contribution is 2.42. The summed E-state index contributed by atoms with van der Waals surface area (Å²) < 4.78 is 5.30. The van der Waals surface area contributed by atoms with Crippen LogP contribution in [0, 0.1) is 5.41 Å². The van der Waals surface area contributed by atoms with Crippen molar-refractivity contribution in [3.8, 4) is 0 Å². The number of hydrogen-bond acceptors (Lipinski definition) is 5. The highest BCUT2D eigenvalue weighted by atomic mass is 16.5. The van der Waals surface area contributed by atoms with Gasteiger partial charge in [0.15, 0.2) is 0 Å². The van der Waals surface area contributed by atoms with Crippen molar-refractivity contribution in [1.29, 1.82) is 0 Å². The summed E-state index contributed by atoms with van der Waals surface area (Å²) in [7, 11) is 1.66. The van der Waals surface area contributed by atoms with Gasteiger partial charge in [0.25, 0.3) is 0 Å². The van der Waals surface area contributed by atoms with Crippen molar-refractivity contribution >= 4 is 11.9 Å². The fourth-order valence-electron chi connectivity index (χ4n) is 3.82. The van der Waals surface area contributed by atoms with Crippen molar-refractivity contribution < 1.29 is 19.4 Å². The van der Waals surface area contributed by atoms with E-state index in [9.17, 15) is 14.7 Å². The lowest BCUT2D eigenvalue weighted by Gasteiger charge is -2.42. The summed E-state index contributed by atoms with van der Waals surface area (Å²) in [6, 6.07) is 0. The predicted octanol–water partition coefficient (Wildman–Crippen LogP) is 0.959. The molecule has 0 bridgehead atoms. The zero-order valence-electron chi connectivity index (χ0n) is 14.7. The summed E-state index contributed by atoms with van der Waals surface area (Å²) in [5, 5.41) is 15.5. The summed E-state index contributed by atoms with van der Waals surface area (Å²) in [6.07, 6.45) is 5.37. The second-order valence-electron chi connectivity index (χ2n) is 7.06. The van der Waals surface area contributed by atoms with Crippen LogP contribution in [0.1, 0.15) is 41.7 Å². The minimum atomic E-state index is -0.995. The van der Waals surface area contributed by atoms with Gasteiger partial charge in [-0.3, -0.25) is 14.8 Å². The maximum absolute atomic E-state index is 12.9. The molecule has 0 radical (unpaired) electrons. The third-order valence-electron chi connectivity index (χ3n) is 5.39. The number of carbonyl (C=O) groups excluding carboxylic acids is 1. The fourth-order valence-corrected chi connectivity index (χ4v) is 3.82. The van der Waals surface area contributed by atoms with Crippen molar-refractivity contribution in [3.05, 3.63) is 17.5 Å². The van der Waals surface area contributed by atoms with Crippen LogP contribution >= 0.6 is 0 Å². The normalized spacial score (nSPS) is 20.8. The Balaban J connectivity index is 1.60. The van der Waals surface area contributed by atoms with E-state index in [0.717, 1.165) is 45.3 Å². The number of carboxylic acid groups (broad SMARTS) is 1. The molecule has 1 aliphatic carbocycles. The molecule has 0 aromatic carbocycles. The van der Waals surface area contributed by atoms with Crippen LogP contribution in [0.3, 0.4) is 0 Å². The molecule has 1 saturated heterocycles. The highest BCUT2D eigenvalue weighted by molar-refractivity contribution is 5.86. The second kappa shape index (κ2) is 7.53. The van der Waals surface area contributed by atoms with Crippen molar-refractivity contribution in [2.24, 2.45) is 5.41 Å². The van der Waals surface area contributed by atoms with Crippen LogP contribution in [-0.4, -0.2) is 76.9 Å². The molecule has 0 atom stereocenters. The first kappa shape index (κ1) is 17.9. The molecule has 1 aromatic rings. The summed E-state index contributed by atoms with van der Waals surface area (Å²) >= 11 is 0. The number of ether oxygens (including phenoxy) is 1. The van der Waals surface area contributed by atoms with Gasteiger partial charge in [-0.15, -0.1) is 0 Å². The van der Waals surface area contributed by atoms with Gasteiger partial charge < -0.3 is 14.7 Å². The largest absolute Gasteiger partial charge is 0.477 e. The quantitative estimate of drug-likeness (QED) is 0.793. The number of methoxy groups -OCH3 is 1. The van der Waals surface area contributed by atoms with E-state index in [1.54, 1.807) is 13.3 Å². The molecule has 8 heteroatoms. The Hall–Kier alpha value is -1.93. The number of nitrogens with one attached hydrogen (secondary N) is 1. The Morgan fingerprint density at radius 2 is 2.08 bits per heavy atom. The van der Waals surface area contributed by atoms with Gasteiger partial charge in [0, 0.05) is 45.4 Å². The summed E-state index contributed by atoms with van der Waals surface area (Å²) in [5.41, 5.74) is 0.512. The van der Waals surface area contributed by atoms with E-state index < -0.39 is 5.97 Å². The molecule has 25 heavy (non-hydrogen) atoms. The Labute approximate surface area is 147 Å². The maximum Gasteiger partial charge on any atom is 0.354 e. The smallest absolute Gasteiger partial charge is 0.354 e. The summed E-state index contributed by atoms with van der Waals surface area (Å²) in [5.74, 6) is -0.775. The lowest BCUT2D eigenvalue weighted by atomic mass is 9.68. The molecule has 0 spiro atoms. The van der Waals surface area contributed by atoms with Gasteiger partial charge in [0.2, 0.25) is 5.91 Å². The fraction of sp³-hybridized carbons (Fsp3) is 0.706. The number of aromatic nitrogens is 2. The summed E-state index contributed by atoms with van der Waals surface area (Å²) in [6.45, 7) is 4.03. The van der Waals surface area contributed by atoms with Gasteiger partial charge in [0.1, 0.15) is 5.69 Å². The van der Waals surface area contributed by atoms with Crippen molar-refractivity contribution in [1.82, 2.24) is 20.0 Å². The Bertz CT molecular complexity index is 626. The molecule has 1 aliphatic heterocycles. The molecule has 2 N–H and O–H groups in total. The zero-order valence-corrected chi connectivity index (χ0v) is 14.7. The van der Waals surface area contributed by atoms with E-state index in [4.69, 9.17) is 4.74 Å².